The van der Waals surface area contributed by atoms with Gasteiger partial charge in [0.15, 0.2) is 0 Å². The molecular formula is C21H30N2O4. The standard InChI is InChI=1S/C21H30N2O4/c1-4-23-19(24)13-17(21(25)22-14-8-6-5-7-9-14)20(23)16-11-10-15(26-2)12-18(16)27-3/h10-12,14,17,20H,4-9,13H2,1-3H3,(H,22,25)/t17-,20+/m1/s1. The van der Waals surface area contributed by atoms with Crippen LogP contribution in [0.25, 0.3) is 0 Å². The molecule has 27 heavy (non-hydrogen) atoms. The Kier molecular flexibility index (Phi) is 6.24. The van der Waals surface area contributed by atoms with Crippen molar-refractivity contribution in [1.82, 2.24) is 10.2 Å². The molecule has 6 nitrogen and oxygen atoms in total. The topological polar surface area (TPSA) is 67.9 Å². The third-order valence-corrected chi connectivity index (χ3v) is 5.82. The SMILES string of the molecule is CCN1C(=O)C[C@@H](C(=O)NC2CCCCC2)[C@@H]1c1ccc(OC)cc1OC. The van der Waals surface area contributed by atoms with E-state index in [1.165, 1.54) is 6.42 Å². The van der Waals surface area contributed by atoms with Gasteiger partial charge in [-0.25, -0.2) is 0 Å². The summed E-state index contributed by atoms with van der Waals surface area (Å²) in [5.41, 5.74) is 0.856. The van der Waals surface area contributed by atoms with Crippen LogP contribution in [0.5, 0.6) is 11.5 Å². The van der Waals surface area contributed by atoms with Crippen molar-refractivity contribution in [2.24, 2.45) is 5.92 Å². The molecule has 1 aromatic carbocycles. The summed E-state index contributed by atoms with van der Waals surface area (Å²) in [5, 5.41) is 3.20. The van der Waals surface area contributed by atoms with E-state index in [4.69, 9.17) is 9.47 Å². The third-order valence-electron chi connectivity index (χ3n) is 5.82. The van der Waals surface area contributed by atoms with Gasteiger partial charge in [-0.05, 0) is 31.9 Å². The number of nitrogens with one attached hydrogen (secondary N) is 1. The van der Waals surface area contributed by atoms with Gasteiger partial charge in [0.2, 0.25) is 11.8 Å². The second-order valence-electron chi connectivity index (χ2n) is 7.39. The number of ether oxygens (including phenoxy) is 2. The summed E-state index contributed by atoms with van der Waals surface area (Å²) in [4.78, 5) is 27.5. The van der Waals surface area contributed by atoms with Gasteiger partial charge in [-0.15, -0.1) is 0 Å². The molecular weight excluding hydrogens is 344 g/mol. The summed E-state index contributed by atoms with van der Waals surface area (Å²) in [7, 11) is 3.20. The fraction of sp³-hybridized carbons (Fsp3) is 0.619. The lowest BCUT2D eigenvalue weighted by Crippen LogP contribution is -2.41. The molecule has 0 bridgehead atoms. The first-order valence-corrected chi connectivity index (χ1v) is 9.90. The molecule has 1 aliphatic carbocycles. The van der Waals surface area contributed by atoms with E-state index in [2.05, 4.69) is 5.32 Å². The number of methoxy groups -OCH3 is 2. The smallest absolute Gasteiger partial charge is 0.226 e. The minimum Gasteiger partial charge on any atom is -0.497 e. The van der Waals surface area contributed by atoms with Gasteiger partial charge < -0.3 is 19.7 Å². The number of benzene rings is 1. The van der Waals surface area contributed by atoms with E-state index in [0.717, 1.165) is 31.2 Å². The van der Waals surface area contributed by atoms with Crippen LogP contribution in [-0.4, -0.2) is 43.5 Å². The number of rotatable bonds is 6. The number of hydrogen-bond acceptors (Lipinski definition) is 4. The molecule has 3 rings (SSSR count). The Balaban J connectivity index is 1.88. The molecule has 1 saturated carbocycles. The lowest BCUT2D eigenvalue weighted by atomic mass is 9.90. The lowest BCUT2D eigenvalue weighted by Gasteiger charge is -2.30. The van der Waals surface area contributed by atoms with Crippen molar-refractivity contribution in [1.29, 1.82) is 0 Å². The Hall–Kier alpha value is -2.24. The van der Waals surface area contributed by atoms with Gasteiger partial charge in [-0.3, -0.25) is 9.59 Å². The maximum Gasteiger partial charge on any atom is 0.226 e. The zero-order valence-electron chi connectivity index (χ0n) is 16.5. The fourth-order valence-electron chi connectivity index (χ4n) is 4.40. The summed E-state index contributed by atoms with van der Waals surface area (Å²) in [5.74, 6) is 0.925. The summed E-state index contributed by atoms with van der Waals surface area (Å²) in [6.45, 7) is 2.51. The Morgan fingerprint density at radius 2 is 1.93 bits per heavy atom. The van der Waals surface area contributed by atoms with Crippen LogP contribution in [0.2, 0.25) is 0 Å². The van der Waals surface area contributed by atoms with Crippen LogP contribution >= 0.6 is 0 Å². The number of carbonyl (C=O) groups is 2. The van der Waals surface area contributed by atoms with Gasteiger partial charge in [-0.1, -0.05) is 19.3 Å². The molecule has 0 unspecified atom stereocenters. The zero-order valence-corrected chi connectivity index (χ0v) is 16.5. The highest BCUT2D eigenvalue weighted by Crippen LogP contribution is 2.43. The van der Waals surface area contributed by atoms with Gasteiger partial charge in [-0.2, -0.15) is 0 Å². The minimum absolute atomic E-state index is 0.0177. The Morgan fingerprint density at radius 1 is 1.19 bits per heavy atom. The maximum atomic E-state index is 13.1. The maximum absolute atomic E-state index is 13.1. The quantitative estimate of drug-likeness (QED) is 0.831. The van der Waals surface area contributed by atoms with E-state index >= 15 is 0 Å². The molecule has 1 aliphatic heterocycles. The molecule has 2 aliphatic rings. The molecule has 2 atom stereocenters. The molecule has 0 spiro atoms. The molecule has 148 valence electrons. The van der Waals surface area contributed by atoms with E-state index in [1.54, 1.807) is 19.1 Å². The van der Waals surface area contributed by atoms with E-state index < -0.39 is 5.92 Å². The largest absolute Gasteiger partial charge is 0.497 e. The van der Waals surface area contributed by atoms with Crippen molar-refractivity contribution in [2.45, 2.75) is 57.5 Å². The van der Waals surface area contributed by atoms with Crippen LogP contribution in [-0.2, 0) is 9.59 Å². The highest BCUT2D eigenvalue weighted by Gasteiger charge is 2.45. The van der Waals surface area contributed by atoms with Crippen LogP contribution in [0.15, 0.2) is 18.2 Å². The predicted octanol–water partition coefficient (Wildman–Crippen LogP) is 3.06. The Labute approximate surface area is 161 Å². The minimum atomic E-state index is -0.401. The summed E-state index contributed by atoms with van der Waals surface area (Å²) in [6, 6.07) is 5.49. The van der Waals surface area contributed by atoms with Gasteiger partial charge in [0.25, 0.3) is 0 Å². The predicted molar refractivity (Wildman–Crippen MR) is 103 cm³/mol. The highest BCUT2D eigenvalue weighted by molar-refractivity contribution is 5.90. The Bertz CT molecular complexity index is 685. The molecule has 1 N–H and O–H groups in total. The normalized spacial score (nSPS) is 23.4. The van der Waals surface area contributed by atoms with Crippen LogP contribution in [0, 0.1) is 5.92 Å². The zero-order chi connectivity index (χ0) is 19.4. The monoisotopic (exact) mass is 374 g/mol. The van der Waals surface area contributed by atoms with Crippen molar-refractivity contribution in [3.63, 3.8) is 0 Å². The van der Waals surface area contributed by atoms with Crippen molar-refractivity contribution in [3.05, 3.63) is 23.8 Å². The van der Waals surface area contributed by atoms with Crippen molar-refractivity contribution in [2.75, 3.05) is 20.8 Å². The van der Waals surface area contributed by atoms with Crippen molar-refractivity contribution < 1.29 is 19.1 Å². The summed E-state index contributed by atoms with van der Waals surface area (Å²) < 4.78 is 10.8. The van der Waals surface area contributed by atoms with Gasteiger partial charge in [0.05, 0.1) is 26.2 Å². The van der Waals surface area contributed by atoms with Gasteiger partial charge in [0.1, 0.15) is 11.5 Å². The first-order valence-electron chi connectivity index (χ1n) is 9.90. The molecule has 2 amide bonds. The van der Waals surface area contributed by atoms with Crippen LogP contribution in [0.4, 0.5) is 0 Å². The number of amides is 2. The van der Waals surface area contributed by atoms with E-state index in [9.17, 15) is 9.59 Å². The number of nitrogens with zero attached hydrogens (tertiary/aromatic N) is 1. The number of likely N-dealkylation sites (tertiary alicyclic amines) is 1. The molecule has 1 saturated heterocycles. The average molecular weight is 374 g/mol. The first kappa shape index (κ1) is 19.5. The fourth-order valence-corrected chi connectivity index (χ4v) is 4.40. The summed E-state index contributed by atoms with van der Waals surface area (Å²) >= 11 is 0. The molecule has 1 aromatic rings. The number of hydrogen-bond donors (Lipinski definition) is 1. The molecule has 0 radical (unpaired) electrons. The molecule has 1 heterocycles. The second kappa shape index (κ2) is 8.63. The second-order valence-corrected chi connectivity index (χ2v) is 7.39. The van der Waals surface area contributed by atoms with Crippen LogP contribution in [0.1, 0.15) is 57.1 Å². The van der Waals surface area contributed by atoms with Crippen molar-refractivity contribution >= 4 is 11.8 Å². The molecule has 2 fully saturated rings. The lowest BCUT2D eigenvalue weighted by molar-refractivity contribution is -0.129. The third kappa shape index (κ3) is 4.04. The molecule has 0 aromatic heterocycles. The van der Waals surface area contributed by atoms with E-state index in [0.29, 0.717) is 18.0 Å². The average Bonchev–Trinajstić information content (AvgIpc) is 3.04. The molecule has 6 heteroatoms. The van der Waals surface area contributed by atoms with Crippen molar-refractivity contribution in [3.8, 4) is 11.5 Å². The van der Waals surface area contributed by atoms with E-state index in [-0.39, 0.29) is 30.3 Å². The summed E-state index contributed by atoms with van der Waals surface area (Å²) in [6.07, 6.45) is 5.85. The first-order chi connectivity index (χ1) is 13.1. The highest BCUT2D eigenvalue weighted by atomic mass is 16.5. The van der Waals surface area contributed by atoms with E-state index in [1.807, 2.05) is 25.1 Å². The Morgan fingerprint density at radius 3 is 2.56 bits per heavy atom. The van der Waals surface area contributed by atoms with Gasteiger partial charge in [0, 0.05) is 30.6 Å². The van der Waals surface area contributed by atoms with Crippen LogP contribution in [0.3, 0.4) is 0 Å². The van der Waals surface area contributed by atoms with Crippen LogP contribution < -0.4 is 14.8 Å². The number of carbonyl (C=O) groups excluding carboxylic acids is 2. The van der Waals surface area contributed by atoms with Gasteiger partial charge >= 0.3 is 0 Å².